The average Bonchev–Trinajstić information content (AvgIpc) is 4.06. The number of carbonyl (C=O) groups is 3. The SMILES string of the molecule is O=C(O[C@@H](Cc1c(Cl)cncc1Cl)c1ccc(OC(F)F)c(OCC2CC2)c1)[C@@H]1SCCN1C(=O)c1ccc(COc2ccc(CN(C(=O)O[C@H]3CN4CCC3CC4)c3ccccc3)cc2)cc1. The predicted octanol–water partition coefficient (Wildman–Crippen LogP) is 10.6. The number of benzene rings is 4. The number of hydrogen-bond donors (Lipinski definition) is 0. The number of piperidine rings is 3. The van der Waals surface area contributed by atoms with E-state index in [1.54, 1.807) is 29.2 Å². The van der Waals surface area contributed by atoms with Gasteiger partial charge in [-0.2, -0.15) is 8.78 Å². The monoisotopic (exact) mass is 986 g/mol. The molecular formula is C51H50Cl2F2N4O8S. The van der Waals surface area contributed by atoms with Crippen molar-refractivity contribution in [3.63, 3.8) is 0 Å². The molecule has 10 rings (SSSR count). The quantitative estimate of drug-likeness (QED) is 0.0781. The maximum Gasteiger partial charge on any atom is 0.414 e. The van der Waals surface area contributed by atoms with Crippen molar-refractivity contribution < 1.29 is 46.8 Å². The number of carbonyl (C=O) groups excluding carboxylic acids is 3. The number of anilines is 1. The summed E-state index contributed by atoms with van der Waals surface area (Å²) in [6.45, 7) is 1.03. The molecule has 5 heterocycles. The molecule has 4 aromatic carbocycles. The van der Waals surface area contributed by atoms with E-state index in [9.17, 15) is 23.2 Å². The molecule has 4 saturated heterocycles. The second-order valence-corrected chi connectivity index (χ2v) is 19.4. The van der Waals surface area contributed by atoms with Gasteiger partial charge < -0.3 is 28.6 Å². The summed E-state index contributed by atoms with van der Waals surface area (Å²) in [7, 11) is 0. The molecule has 1 saturated carbocycles. The number of rotatable bonds is 18. The molecule has 68 heavy (non-hydrogen) atoms. The average molecular weight is 988 g/mol. The first-order valence-electron chi connectivity index (χ1n) is 22.7. The fraction of sp³-hybridized carbons (Fsp3) is 0.373. The Kier molecular flexibility index (Phi) is 15.2. The van der Waals surface area contributed by atoms with Gasteiger partial charge in [0.25, 0.3) is 5.91 Å². The summed E-state index contributed by atoms with van der Waals surface area (Å²) in [5.74, 6) is 0.771. The molecule has 356 valence electrons. The standard InChI is InChI=1S/C51H50Cl2F2N4O8S/c52-41-26-56-27-42(53)40(41)25-44(37-14-17-43(66-50(54)55)45(24-37)64-31-33-6-7-33)65-49(61)48-58(22-23-68-48)47(60)36-12-8-34(9-13-36)30-63-39-15-10-32(11-16-39)28-59(38-4-2-1-3-5-38)51(62)67-46-29-57-20-18-35(46)19-21-57/h1-5,8-17,24,26-27,33,35,44,46,48,50H,6-7,18-23,25,28-31H2/t44-,46-,48-/m0/s1. The van der Waals surface area contributed by atoms with Crippen molar-refractivity contribution >= 4 is 58.6 Å². The molecule has 17 heteroatoms. The molecule has 12 nitrogen and oxygen atoms in total. The molecule has 5 aromatic rings. The van der Waals surface area contributed by atoms with E-state index in [4.69, 9.17) is 46.9 Å². The van der Waals surface area contributed by atoms with Crippen molar-refractivity contribution in [2.75, 3.05) is 43.4 Å². The summed E-state index contributed by atoms with van der Waals surface area (Å²) >= 11 is 14.3. The van der Waals surface area contributed by atoms with E-state index in [0.717, 1.165) is 62.1 Å². The van der Waals surface area contributed by atoms with E-state index in [2.05, 4.69) is 9.88 Å². The van der Waals surface area contributed by atoms with Crippen molar-refractivity contribution in [3.05, 3.63) is 147 Å². The van der Waals surface area contributed by atoms with Gasteiger partial charge in [-0.05, 0) is 121 Å². The lowest BCUT2D eigenvalue weighted by atomic mass is 9.86. The number of esters is 1. The summed E-state index contributed by atoms with van der Waals surface area (Å²) < 4.78 is 55.8. The molecule has 4 aliphatic heterocycles. The zero-order valence-electron chi connectivity index (χ0n) is 37.0. The first kappa shape index (κ1) is 47.5. The second-order valence-electron chi connectivity index (χ2n) is 17.4. The van der Waals surface area contributed by atoms with Gasteiger partial charge in [-0.3, -0.25) is 19.6 Å². The number of pyridine rings is 1. The summed E-state index contributed by atoms with van der Waals surface area (Å²) in [5, 5.41) is -0.469. The minimum Gasteiger partial charge on any atom is -0.489 e. The second kappa shape index (κ2) is 21.8. The highest BCUT2D eigenvalue weighted by Gasteiger charge is 2.39. The first-order valence-corrected chi connectivity index (χ1v) is 24.5. The van der Waals surface area contributed by atoms with Gasteiger partial charge in [-0.15, -0.1) is 11.8 Å². The summed E-state index contributed by atoms with van der Waals surface area (Å²) in [6, 6.07) is 28.5. The Morgan fingerprint density at radius 2 is 1.54 bits per heavy atom. The Balaban J connectivity index is 0.827. The fourth-order valence-electron chi connectivity index (χ4n) is 8.70. The van der Waals surface area contributed by atoms with E-state index >= 15 is 0 Å². The fourth-order valence-corrected chi connectivity index (χ4v) is 10.3. The number of aromatic nitrogens is 1. The van der Waals surface area contributed by atoms with Gasteiger partial charge in [0.05, 0.1) is 23.2 Å². The lowest BCUT2D eigenvalue weighted by molar-refractivity contribution is -0.151. The van der Waals surface area contributed by atoms with Crippen LogP contribution < -0.4 is 19.1 Å². The van der Waals surface area contributed by atoms with E-state index < -0.39 is 24.1 Å². The molecule has 1 aliphatic carbocycles. The molecule has 0 N–H and O–H groups in total. The van der Waals surface area contributed by atoms with Crippen molar-refractivity contribution in [1.82, 2.24) is 14.8 Å². The normalized spacial score (nSPS) is 20.2. The highest BCUT2D eigenvalue weighted by molar-refractivity contribution is 8.00. The smallest absolute Gasteiger partial charge is 0.414 e. The number of thioether (sulfide) groups is 1. The molecule has 2 bridgehead atoms. The van der Waals surface area contributed by atoms with Gasteiger partial charge in [0.15, 0.2) is 16.9 Å². The molecular weight excluding hydrogens is 938 g/mol. The minimum atomic E-state index is -3.08. The number of hydrogen-bond acceptors (Lipinski definition) is 11. The molecule has 0 radical (unpaired) electrons. The predicted molar refractivity (Wildman–Crippen MR) is 255 cm³/mol. The van der Waals surface area contributed by atoms with E-state index in [0.29, 0.717) is 59.7 Å². The number of halogens is 4. The van der Waals surface area contributed by atoms with Gasteiger partial charge >= 0.3 is 18.7 Å². The van der Waals surface area contributed by atoms with Crippen molar-refractivity contribution in [1.29, 1.82) is 0 Å². The molecule has 1 aromatic heterocycles. The van der Waals surface area contributed by atoms with Crippen LogP contribution in [0.25, 0.3) is 0 Å². The maximum atomic E-state index is 14.1. The molecule has 3 atom stereocenters. The van der Waals surface area contributed by atoms with Crippen LogP contribution in [0.4, 0.5) is 19.3 Å². The summed E-state index contributed by atoms with van der Waals surface area (Å²) in [5.41, 5.74) is 3.77. The molecule has 0 spiro atoms. The third-order valence-corrected chi connectivity index (χ3v) is 14.5. The van der Waals surface area contributed by atoms with Crippen molar-refractivity contribution in [3.8, 4) is 17.2 Å². The zero-order chi connectivity index (χ0) is 47.1. The van der Waals surface area contributed by atoms with E-state index in [1.165, 1.54) is 47.3 Å². The van der Waals surface area contributed by atoms with Crippen molar-refractivity contribution in [2.24, 2.45) is 11.8 Å². The van der Waals surface area contributed by atoms with Crippen LogP contribution >= 0.6 is 35.0 Å². The first-order chi connectivity index (χ1) is 33.0. The highest BCUT2D eigenvalue weighted by Crippen LogP contribution is 2.39. The van der Waals surface area contributed by atoms with Crippen LogP contribution in [-0.4, -0.2) is 89.4 Å². The van der Waals surface area contributed by atoms with Crippen LogP contribution in [0.1, 0.15) is 64.4 Å². The number of para-hydroxylation sites is 1. The summed E-state index contributed by atoms with van der Waals surface area (Å²) in [6.07, 6.45) is 5.46. The molecule has 0 unspecified atom stereocenters. The Labute approximate surface area is 407 Å². The van der Waals surface area contributed by atoms with Gasteiger partial charge in [0, 0.05) is 48.9 Å². The Morgan fingerprint density at radius 3 is 2.22 bits per heavy atom. The lowest BCUT2D eigenvalue weighted by Crippen LogP contribution is -2.53. The zero-order valence-corrected chi connectivity index (χ0v) is 39.4. The number of ether oxygens (including phenoxy) is 5. The van der Waals surface area contributed by atoms with E-state index in [-0.39, 0.29) is 52.7 Å². The van der Waals surface area contributed by atoms with Crippen LogP contribution in [0.5, 0.6) is 17.2 Å². The van der Waals surface area contributed by atoms with Crippen LogP contribution in [-0.2, 0) is 33.8 Å². The number of fused-ring (bicyclic) bond motifs is 3. The minimum absolute atomic E-state index is 0.0190. The molecule has 5 aliphatic rings. The number of amides is 2. The Morgan fingerprint density at radius 1 is 0.824 bits per heavy atom. The number of alkyl halides is 2. The van der Waals surface area contributed by atoms with Gasteiger partial charge in [-0.25, -0.2) is 9.59 Å². The maximum absolute atomic E-state index is 14.1. The van der Waals surface area contributed by atoms with Crippen LogP contribution in [0.2, 0.25) is 10.0 Å². The largest absolute Gasteiger partial charge is 0.489 e. The van der Waals surface area contributed by atoms with Crippen LogP contribution in [0, 0.1) is 11.8 Å². The molecule has 5 fully saturated rings. The topological polar surface area (TPSA) is 120 Å². The third kappa shape index (κ3) is 11.8. The van der Waals surface area contributed by atoms with E-state index in [1.807, 2.05) is 54.6 Å². The van der Waals surface area contributed by atoms with Gasteiger partial charge in [-0.1, -0.05) is 71.7 Å². The number of nitrogens with zero attached hydrogens (tertiary/aromatic N) is 4. The van der Waals surface area contributed by atoms with Crippen molar-refractivity contribution in [2.45, 2.75) is 69.4 Å². The van der Waals surface area contributed by atoms with Gasteiger partial charge in [0.2, 0.25) is 0 Å². The van der Waals surface area contributed by atoms with Gasteiger partial charge in [0.1, 0.15) is 24.6 Å². The Bertz CT molecular complexity index is 2530. The Hall–Kier alpha value is -5.61. The van der Waals surface area contributed by atoms with Crippen LogP contribution in [0.15, 0.2) is 109 Å². The molecule has 2 amide bonds. The summed E-state index contributed by atoms with van der Waals surface area (Å²) in [4.78, 5) is 51.2. The van der Waals surface area contributed by atoms with Crippen LogP contribution in [0.3, 0.4) is 0 Å². The lowest BCUT2D eigenvalue weighted by Gasteiger charge is -2.44. The highest BCUT2D eigenvalue weighted by atomic mass is 35.5. The third-order valence-electron chi connectivity index (χ3n) is 12.7.